The molecule has 0 unspecified atom stereocenters. The van der Waals surface area contributed by atoms with Crippen LogP contribution in [0.2, 0.25) is 0 Å². The fraction of sp³-hybridized carbons (Fsp3) is 0.333. The van der Waals surface area contributed by atoms with Crippen LogP contribution >= 0.6 is 0 Å². The van der Waals surface area contributed by atoms with E-state index in [-0.39, 0.29) is 5.82 Å². The summed E-state index contributed by atoms with van der Waals surface area (Å²) in [6.45, 7) is 2.72. The lowest BCUT2D eigenvalue weighted by Gasteiger charge is -1.97. The quantitative estimate of drug-likeness (QED) is 0.725. The molecule has 14 heavy (non-hydrogen) atoms. The van der Waals surface area contributed by atoms with Gasteiger partial charge in [-0.2, -0.15) is 0 Å². The summed E-state index contributed by atoms with van der Waals surface area (Å²) in [5.41, 5.74) is 1.61. The van der Waals surface area contributed by atoms with E-state index in [0.717, 1.165) is 18.5 Å². The Bertz CT molecular complexity index is 318. The summed E-state index contributed by atoms with van der Waals surface area (Å²) in [6.07, 6.45) is 4.95. The van der Waals surface area contributed by atoms with E-state index in [1.165, 1.54) is 0 Å². The van der Waals surface area contributed by atoms with Crippen LogP contribution in [0.25, 0.3) is 6.08 Å². The van der Waals surface area contributed by atoms with Gasteiger partial charge >= 0.3 is 0 Å². The van der Waals surface area contributed by atoms with Crippen LogP contribution < -0.4 is 5.32 Å². The molecule has 1 N–H and O–H groups in total. The lowest BCUT2D eigenvalue weighted by molar-refractivity contribution is 0.618. The second-order valence-electron chi connectivity index (χ2n) is 3.30. The Hall–Kier alpha value is -1.15. The van der Waals surface area contributed by atoms with E-state index in [9.17, 15) is 4.39 Å². The molecule has 0 spiro atoms. The van der Waals surface area contributed by atoms with E-state index in [1.807, 2.05) is 25.3 Å². The normalized spacial score (nSPS) is 11.1. The van der Waals surface area contributed by atoms with Gasteiger partial charge in [0.2, 0.25) is 0 Å². The molecule has 0 aliphatic carbocycles. The summed E-state index contributed by atoms with van der Waals surface area (Å²) in [6, 6.07) is 5.28. The summed E-state index contributed by atoms with van der Waals surface area (Å²) in [5, 5.41) is 3.05. The molecule has 0 amide bonds. The monoisotopic (exact) mass is 193 g/mol. The van der Waals surface area contributed by atoms with Gasteiger partial charge in [0.05, 0.1) is 0 Å². The third-order valence-electron chi connectivity index (χ3n) is 2.07. The topological polar surface area (TPSA) is 12.0 Å². The zero-order valence-corrected chi connectivity index (χ0v) is 8.68. The van der Waals surface area contributed by atoms with Crippen molar-refractivity contribution in [3.63, 3.8) is 0 Å². The third kappa shape index (κ3) is 3.30. The van der Waals surface area contributed by atoms with Gasteiger partial charge in [-0.15, -0.1) is 0 Å². The van der Waals surface area contributed by atoms with Gasteiger partial charge in [0.15, 0.2) is 0 Å². The number of halogens is 1. The highest BCUT2D eigenvalue weighted by Crippen LogP contribution is 2.10. The SMILES string of the molecule is CNCCC=Cc1ccc(C)c(F)c1. The number of hydrogen-bond donors (Lipinski definition) is 1. The van der Waals surface area contributed by atoms with Gasteiger partial charge < -0.3 is 5.32 Å². The summed E-state index contributed by atoms with van der Waals surface area (Å²) < 4.78 is 13.1. The Morgan fingerprint density at radius 1 is 1.43 bits per heavy atom. The van der Waals surface area contributed by atoms with Crippen LogP contribution in [-0.4, -0.2) is 13.6 Å². The van der Waals surface area contributed by atoms with Crippen molar-refractivity contribution in [1.29, 1.82) is 0 Å². The second kappa shape index (κ2) is 5.55. The molecule has 0 aromatic heterocycles. The van der Waals surface area contributed by atoms with E-state index >= 15 is 0 Å². The standard InChI is InChI=1S/C12H16FN/c1-10-6-7-11(9-12(10)13)5-3-4-8-14-2/h3,5-7,9,14H,4,8H2,1-2H3. The van der Waals surface area contributed by atoms with E-state index < -0.39 is 0 Å². The summed E-state index contributed by atoms with van der Waals surface area (Å²) >= 11 is 0. The van der Waals surface area contributed by atoms with E-state index in [1.54, 1.807) is 19.1 Å². The molecule has 1 aromatic carbocycles. The number of rotatable bonds is 4. The minimum atomic E-state index is -0.138. The molecule has 2 heteroatoms. The van der Waals surface area contributed by atoms with Crippen LogP contribution in [0.5, 0.6) is 0 Å². The van der Waals surface area contributed by atoms with E-state index in [0.29, 0.717) is 5.56 Å². The molecule has 0 fully saturated rings. The first-order valence-electron chi connectivity index (χ1n) is 4.81. The van der Waals surface area contributed by atoms with Crippen molar-refractivity contribution in [1.82, 2.24) is 5.32 Å². The third-order valence-corrected chi connectivity index (χ3v) is 2.07. The maximum absolute atomic E-state index is 13.1. The van der Waals surface area contributed by atoms with Crippen LogP contribution in [-0.2, 0) is 0 Å². The average molecular weight is 193 g/mol. The Morgan fingerprint density at radius 2 is 2.21 bits per heavy atom. The molecular weight excluding hydrogens is 177 g/mol. The number of aryl methyl sites for hydroxylation is 1. The zero-order chi connectivity index (χ0) is 10.4. The highest BCUT2D eigenvalue weighted by atomic mass is 19.1. The molecular formula is C12H16FN. The van der Waals surface area contributed by atoms with Gasteiger partial charge in [-0.25, -0.2) is 4.39 Å². The fourth-order valence-corrected chi connectivity index (χ4v) is 1.16. The Morgan fingerprint density at radius 3 is 2.86 bits per heavy atom. The van der Waals surface area contributed by atoms with E-state index in [2.05, 4.69) is 5.32 Å². The van der Waals surface area contributed by atoms with Crippen molar-refractivity contribution in [2.75, 3.05) is 13.6 Å². The number of hydrogen-bond acceptors (Lipinski definition) is 1. The minimum Gasteiger partial charge on any atom is -0.319 e. The maximum atomic E-state index is 13.1. The molecule has 1 rings (SSSR count). The first-order valence-corrected chi connectivity index (χ1v) is 4.81. The second-order valence-corrected chi connectivity index (χ2v) is 3.30. The van der Waals surface area contributed by atoms with Crippen molar-refractivity contribution >= 4 is 6.08 Å². The van der Waals surface area contributed by atoms with Crippen LogP contribution in [0, 0.1) is 12.7 Å². The van der Waals surface area contributed by atoms with Crippen molar-refractivity contribution in [2.45, 2.75) is 13.3 Å². The molecule has 1 nitrogen and oxygen atoms in total. The lowest BCUT2D eigenvalue weighted by atomic mass is 10.1. The van der Waals surface area contributed by atoms with Crippen molar-refractivity contribution < 1.29 is 4.39 Å². The van der Waals surface area contributed by atoms with Gasteiger partial charge in [-0.3, -0.25) is 0 Å². The van der Waals surface area contributed by atoms with E-state index in [4.69, 9.17) is 0 Å². The summed E-state index contributed by atoms with van der Waals surface area (Å²) in [5.74, 6) is -0.138. The highest BCUT2D eigenvalue weighted by molar-refractivity contribution is 5.49. The molecule has 0 saturated heterocycles. The van der Waals surface area contributed by atoms with Gasteiger partial charge in [-0.05, 0) is 44.1 Å². The Kier molecular flexibility index (Phi) is 4.33. The minimum absolute atomic E-state index is 0.138. The molecule has 0 aliphatic heterocycles. The van der Waals surface area contributed by atoms with Gasteiger partial charge in [-0.1, -0.05) is 24.3 Å². The van der Waals surface area contributed by atoms with Crippen molar-refractivity contribution in [3.05, 3.63) is 41.2 Å². The fourth-order valence-electron chi connectivity index (χ4n) is 1.16. The van der Waals surface area contributed by atoms with Crippen LogP contribution in [0.15, 0.2) is 24.3 Å². The molecule has 0 bridgehead atoms. The van der Waals surface area contributed by atoms with Crippen molar-refractivity contribution in [2.24, 2.45) is 0 Å². The van der Waals surface area contributed by atoms with Gasteiger partial charge in [0.1, 0.15) is 5.82 Å². The van der Waals surface area contributed by atoms with Crippen LogP contribution in [0.4, 0.5) is 4.39 Å². The Labute approximate surface area is 84.6 Å². The summed E-state index contributed by atoms with van der Waals surface area (Å²) in [7, 11) is 1.92. The predicted molar refractivity (Wildman–Crippen MR) is 58.7 cm³/mol. The molecule has 76 valence electrons. The smallest absolute Gasteiger partial charge is 0.126 e. The molecule has 0 heterocycles. The van der Waals surface area contributed by atoms with Gasteiger partial charge in [0.25, 0.3) is 0 Å². The predicted octanol–water partition coefficient (Wildman–Crippen LogP) is 2.76. The zero-order valence-electron chi connectivity index (χ0n) is 8.68. The summed E-state index contributed by atoms with van der Waals surface area (Å²) in [4.78, 5) is 0. The number of nitrogens with one attached hydrogen (secondary N) is 1. The largest absolute Gasteiger partial charge is 0.319 e. The first-order chi connectivity index (χ1) is 6.74. The molecule has 1 aromatic rings. The maximum Gasteiger partial charge on any atom is 0.126 e. The molecule has 0 aliphatic rings. The highest BCUT2D eigenvalue weighted by Gasteiger charge is 1.95. The molecule has 0 atom stereocenters. The average Bonchev–Trinajstić information content (AvgIpc) is 2.18. The van der Waals surface area contributed by atoms with Gasteiger partial charge in [0, 0.05) is 0 Å². The first kappa shape index (κ1) is 10.9. The van der Waals surface area contributed by atoms with Crippen LogP contribution in [0.3, 0.4) is 0 Å². The van der Waals surface area contributed by atoms with Crippen molar-refractivity contribution in [3.8, 4) is 0 Å². The lowest BCUT2D eigenvalue weighted by Crippen LogP contribution is -2.05. The number of benzene rings is 1. The molecule has 0 saturated carbocycles. The van der Waals surface area contributed by atoms with Crippen LogP contribution in [0.1, 0.15) is 17.5 Å². The Balaban J connectivity index is 2.59. The molecule has 0 radical (unpaired) electrons.